The normalized spacial score (nSPS) is 9.53. The maximum absolute atomic E-state index is 11.4. The highest BCUT2D eigenvalue weighted by atomic mass is 32.2. The van der Waals surface area contributed by atoms with Gasteiger partial charge in [0, 0.05) is 11.5 Å². The first-order valence-electron chi connectivity index (χ1n) is 4.81. The predicted octanol–water partition coefficient (Wildman–Crippen LogP) is 2.75. The van der Waals surface area contributed by atoms with Crippen molar-refractivity contribution in [2.24, 2.45) is 0 Å². The van der Waals surface area contributed by atoms with Crippen LogP contribution in [0, 0.1) is 0 Å². The van der Waals surface area contributed by atoms with E-state index in [4.69, 9.17) is 24.4 Å². The highest BCUT2D eigenvalue weighted by molar-refractivity contribution is 8.03. The van der Waals surface area contributed by atoms with E-state index in [1.165, 1.54) is 11.8 Å². The number of hydrogen-bond donors (Lipinski definition) is 0. The average Bonchev–Trinajstić information content (AvgIpc) is 2.26. The molecular formula is C12H14O2S3. The zero-order chi connectivity index (χ0) is 13.6. The average molecular weight is 286 g/mol. The van der Waals surface area contributed by atoms with E-state index in [2.05, 4.69) is 13.2 Å². The Balaban J connectivity index is 4.09. The summed E-state index contributed by atoms with van der Waals surface area (Å²) in [7, 11) is 0. The van der Waals surface area contributed by atoms with Gasteiger partial charge in [-0.3, -0.25) is 9.59 Å². The molecule has 0 amide bonds. The minimum Gasteiger partial charge on any atom is -0.288 e. The molecule has 0 fully saturated rings. The highest BCUT2D eigenvalue weighted by Crippen LogP contribution is 2.07. The Hall–Kier alpha value is -0.650. The van der Waals surface area contributed by atoms with Crippen molar-refractivity contribution in [3.63, 3.8) is 0 Å². The first-order valence-corrected chi connectivity index (χ1v) is 6.78. The Morgan fingerprint density at radius 3 is 1.47 bits per heavy atom. The zero-order valence-electron chi connectivity index (χ0n) is 9.87. The Kier molecular flexibility index (Phi) is 7.34. The summed E-state index contributed by atoms with van der Waals surface area (Å²) in [5.41, 5.74) is 0.854. The number of rotatable bonds is 8. The third-order valence-electron chi connectivity index (χ3n) is 1.75. The van der Waals surface area contributed by atoms with Crippen molar-refractivity contribution in [2.75, 3.05) is 11.5 Å². The lowest BCUT2D eigenvalue weighted by atomic mass is 10.2. The molecule has 92 valence electrons. The van der Waals surface area contributed by atoms with Crippen LogP contribution in [0.3, 0.4) is 0 Å². The minimum absolute atomic E-state index is 0.204. The Bertz CT molecular complexity index is 370. The molecule has 0 spiro atoms. The van der Waals surface area contributed by atoms with Crippen molar-refractivity contribution in [2.45, 2.75) is 13.8 Å². The molecule has 0 atom stereocenters. The summed E-state index contributed by atoms with van der Waals surface area (Å²) in [6.45, 7) is 10.3. The Morgan fingerprint density at radius 2 is 1.24 bits per heavy atom. The first-order chi connectivity index (χ1) is 7.77. The molecule has 0 bridgehead atoms. The fraction of sp³-hybridized carbons (Fsp3) is 0.333. The van der Waals surface area contributed by atoms with E-state index in [1.54, 1.807) is 13.8 Å². The molecule has 17 heavy (non-hydrogen) atoms. The Morgan fingerprint density at radius 1 is 0.941 bits per heavy atom. The summed E-state index contributed by atoms with van der Waals surface area (Å²) < 4.78 is 0. The number of allylic oxidation sites excluding steroid dienone is 2. The van der Waals surface area contributed by atoms with Crippen LogP contribution in [-0.4, -0.2) is 32.8 Å². The van der Waals surface area contributed by atoms with Crippen LogP contribution < -0.4 is 0 Å². The van der Waals surface area contributed by atoms with Gasteiger partial charge in [0.25, 0.3) is 0 Å². The van der Waals surface area contributed by atoms with Crippen LogP contribution in [-0.2, 0) is 9.59 Å². The fourth-order valence-corrected chi connectivity index (χ4v) is 2.43. The maximum Gasteiger partial charge on any atom is 0.195 e. The molecule has 0 aromatic heterocycles. The summed E-state index contributed by atoms with van der Waals surface area (Å²) >= 11 is 11.2. The van der Waals surface area contributed by atoms with Crippen molar-refractivity contribution in [3.8, 4) is 0 Å². The van der Waals surface area contributed by atoms with Gasteiger partial charge in [-0.05, 0) is 25.0 Å². The standard InChI is InChI=1S/C12H14O2S3/c1-7(2)11(13)9(15)5-17-6-10(16)12(14)8(3)4/h1,3,5-6H2,2,4H3. The molecule has 0 aliphatic rings. The smallest absolute Gasteiger partial charge is 0.195 e. The second kappa shape index (κ2) is 7.63. The third kappa shape index (κ3) is 6.00. The number of hydrogen-bond acceptors (Lipinski definition) is 5. The van der Waals surface area contributed by atoms with Gasteiger partial charge in [0.15, 0.2) is 11.6 Å². The van der Waals surface area contributed by atoms with Gasteiger partial charge >= 0.3 is 0 Å². The quantitative estimate of drug-likeness (QED) is 0.506. The molecule has 0 saturated heterocycles. The molecule has 0 aliphatic heterocycles. The molecule has 0 rings (SSSR count). The number of carbonyl (C=O) groups excluding carboxylic acids is 2. The van der Waals surface area contributed by atoms with Crippen LogP contribution in [0.15, 0.2) is 24.3 Å². The number of carbonyl (C=O) groups is 2. The lowest BCUT2D eigenvalue weighted by molar-refractivity contribution is -0.110. The van der Waals surface area contributed by atoms with E-state index >= 15 is 0 Å². The van der Waals surface area contributed by atoms with Crippen LogP contribution in [0.1, 0.15) is 13.8 Å². The molecule has 0 heterocycles. The summed E-state index contributed by atoms with van der Waals surface area (Å²) in [6, 6.07) is 0. The van der Waals surface area contributed by atoms with Crippen LogP contribution in [0.2, 0.25) is 0 Å². The van der Waals surface area contributed by atoms with Crippen molar-refractivity contribution in [1.82, 2.24) is 0 Å². The van der Waals surface area contributed by atoms with Crippen molar-refractivity contribution >= 4 is 57.5 Å². The van der Waals surface area contributed by atoms with E-state index in [1.807, 2.05) is 0 Å². The summed E-state index contributed by atoms with van der Waals surface area (Å²) in [5.74, 6) is 0.351. The molecular weight excluding hydrogens is 272 g/mol. The maximum atomic E-state index is 11.4. The summed E-state index contributed by atoms with van der Waals surface area (Å²) in [6.07, 6.45) is 0. The van der Waals surface area contributed by atoms with Crippen molar-refractivity contribution in [3.05, 3.63) is 24.3 Å². The van der Waals surface area contributed by atoms with Gasteiger partial charge in [-0.15, -0.1) is 0 Å². The number of thiocarbonyl (C=S) groups is 2. The summed E-state index contributed by atoms with van der Waals surface area (Å²) in [4.78, 5) is 23.4. The fourth-order valence-electron chi connectivity index (χ4n) is 0.844. The van der Waals surface area contributed by atoms with E-state index < -0.39 is 0 Å². The van der Waals surface area contributed by atoms with Crippen molar-refractivity contribution in [1.29, 1.82) is 0 Å². The molecule has 0 aromatic rings. The van der Waals surface area contributed by atoms with Gasteiger partial charge < -0.3 is 0 Å². The molecule has 0 unspecified atom stereocenters. The molecule has 0 saturated carbocycles. The van der Waals surface area contributed by atoms with Gasteiger partial charge in [-0.2, -0.15) is 11.8 Å². The van der Waals surface area contributed by atoms with Gasteiger partial charge in [0.2, 0.25) is 0 Å². The third-order valence-corrected chi connectivity index (χ3v) is 3.76. The van der Waals surface area contributed by atoms with Gasteiger partial charge in [0.1, 0.15) is 0 Å². The van der Waals surface area contributed by atoms with E-state index in [9.17, 15) is 9.59 Å². The van der Waals surface area contributed by atoms with Crippen LogP contribution in [0.4, 0.5) is 0 Å². The summed E-state index contributed by atoms with van der Waals surface area (Å²) in [5, 5.41) is 0. The number of ketones is 2. The number of thioether (sulfide) groups is 1. The van der Waals surface area contributed by atoms with Crippen molar-refractivity contribution < 1.29 is 9.59 Å². The second-order valence-corrected chi connectivity index (χ2v) is 5.53. The lowest BCUT2D eigenvalue weighted by Gasteiger charge is -2.04. The zero-order valence-corrected chi connectivity index (χ0v) is 12.3. The van der Waals surface area contributed by atoms with E-state index in [-0.39, 0.29) is 11.6 Å². The van der Waals surface area contributed by atoms with Gasteiger partial charge in [-0.25, -0.2) is 0 Å². The molecule has 0 N–H and O–H groups in total. The SMILES string of the molecule is C=C(C)C(=O)C(=S)CSCC(=S)C(=O)C(=C)C. The number of Topliss-reactive ketones (excluding diaryl/α,β-unsaturated/α-hetero) is 2. The van der Waals surface area contributed by atoms with Crippen LogP contribution in [0.25, 0.3) is 0 Å². The molecule has 5 heteroatoms. The Labute approximate surface area is 117 Å². The molecule has 0 radical (unpaired) electrons. The molecule has 0 aliphatic carbocycles. The van der Waals surface area contributed by atoms with Gasteiger partial charge in [-0.1, -0.05) is 37.6 Å². The topological polar surface area (TPSA) is 34.1 Å². The second-order valence-electron chi connectivity index (χ2n) is 3.56. The molecule has 2 nitrogen and oxygen atoms in total. The van der Waals surface area contributed by atoms with Gasteiger partial charge in [0.05, 0.1) is 9.73 Å². The van der Waals surface area contributed by atoms with Crippen LogP contribution in [0.5, 0.6) is 0 Å². The largest absolute Gasteiger partial charge is 0.288 e. The van der Waals surface area contributed by atoms with Crippen LogP contribution >= 0.6 is 36.2 Å². The lowest BCUT2D eigenvalue weighted by Crippen LogP contribution is -2.18. The molecule has 0 aromatic carbocycles. The first kappa shape index (κ1) is 16.4. The minimum atomic E-state index is -0.204. The van der Waals surface area contributed by atoms with E-state index in [0.717, 1.165) is 0 Å². The predicted molar refractivity (Wildman–Crippen MR) is 82.2 cm³/mol. The van der Waals surface area contributed by atoms with E-state index in [0.29, 0.717) is 32.4 Å². The monoisotopic (exact) mass is 286 g/mol. The highest BCUT2D eigenvalue weighted by Gasteiger charge is 2.13.